The second kappa shape index (κ2) is 5.31. The molecular formula is C11H16N3O2+. The van der Waals surface area contributed by atoms with Gasteiger partial charge in [-0.1, -0.05) is 6.92 Å². The molecule has 1 aromatic rings. The van der Waals surface area contributed by atoms with Gasteiger partial charge >= 0.3 is 5.97 Å². The van der Waals surface area contributed by atoms with Crippen molar-refractivity contribution >= 4 is 5.97 Å². The summed E-state index contributed by atoms with van der Waals surface area (Å²) in [6, 6.07) is 2.08. The molecule has 5 heteroatoms. The lowest BCUT2D eigenvalue weighted by Gasteiger charge is -1.98. The minimum absolute atomic E-state index is 0.0193. The molecule has 0 aromatic carbocycles. The van der Waals surface area contributed by atoms with Gasteiger partial charge in [0.1, 0.15) is 18.4 Å². The van der Waals surface area contributed by atoms with E-state index in [0.29, 0.717) is 13.0 Å². The van der Waals surface area contributed by atoms with E-state index in [1.54, 1.807) is 4.57 Å². The van der Waals surface area contributed by atoms with Gasteiger partial charge in [-0.25, -0.2) is 13.9 Å². The molecule has 1 heterocycles. The summed E-state index contributed by atoms with van der Waals surface area (Å²) in [6.45, 7) is 4.46. The quantitative estimate of drug-likeness (QED) is 0.743. The lowest BCUT2D eigenvalue weighted by atomic mass is 10.3. The number of carboxylic acids is 1. The third-order valence-electron chi connectivity index (χ3n) is 2.58. The summed E-state index contributed by atoms with van der Waals surface area (Å²) in [4.78, 5) is 10.7. The van der Waals surface area contributed by atoms with Gasteiger partial charge in [0.2, 0.25) is 0 Å². The molecule has 16 heavy (non-hydrogen) atoms. The summed E-state index contributed by atoms with van der Waals surface area (Å²) in [5.74, 6) is 0.0373. The third kappa shape index (κ3) is 2.60. The smallest absolute Gasteiger partial charge is 0.346 e. The highest BCUT2D eigenvalue weighted by Gasteiger charge is 2.20. The molecule has 5 nitrogen and oxygen atoms in total. The molecule has 0 aliphatic carbocycles. The van der Waals surface area contributed by atoms with E-state index in [2.05, 4.69) is 6.07 Å². The van der Waals surface area contributed by atoms with Crippen LogP contribution in [0.25, 0.3) is 0 Å². The van der Waals surface area contributed by atoms with Crippen molar-refractivity contribution in [3.8, 4) is 6.07 Å². The van der Waals surface area contributed by atoms with Gasteiger partial charge in [0.05, 0.1) is 12.5 Å². The molecule has 0 atom stereocenters. The van der Waals surface area contributed by atoms with Crippen LogP contribution in [0.15, 0.2) is 6.20 Å². The molecule has 0 saturated carbocycles. The lowest BCUT2D eigenvalue weighted by Crippen LogP contribution is -2.35. The Bertz CT molecular complexity index is 429. The van der Waals surface area contributed by atoms with E-state index in [9.17, 15) is 4.79 Å². The van der Waals surface area contributed by atoms with Gasteiger partial charge < -0.3 is 5.11 Å². The van der Waals surface area contributed by atoms with E-state index in [1.807, 2.05) is 24.6 Å². The first-order chi connectivity index (χ1) is 7.60. The lowest BCUT2D eigenvalue weighted by molar-refractivity contribution is -0.701. The number of imidazole rings is 1. The second-order valence-corrected chi connectivity index (χ2v) is 3.60. The normalized spacial score (nSPS) is 10.1. The maximum Gasteiger partial charge on any atom is 0.346 e. The van der Waals surface area contributed by atoms with E-state index in [0.717, 1.165) is 17.9 Å². The molecule has 0 bridgehead atoms. The number of nitrogens with zero attached hydrogens (tertiary/aromatic N) is 3. The van der Waals surface area contributed by atoms with Crippen LogP contribution in [0.1, 0.15) is 24.9 Å². The zero-order valence-corrected chi connectivity index (χ0v) is 9.60. The number of aromatic nitrogens is 2. The van der Waals surface area contributed by atoms with Crippen molar-refractivity contribution in [2.75, 3.05) is 0 Å². The van der Waals surface area contributed by atoms with E-state index in [4.69, 9.17) is 10.4 Å². The van der Waals surface area contributed by atoms with Crippen molar-refractivity contribution in [3.05, 3.63) is 17.7 Å². The van der Waals surface area contributed by atoms with E-state index in [-0.39, 0.29) is 6.54 Å². The minimum Gasteiger partial charge on any atom is -0.478 e. The Kier molecular flexibility index (Phi) is 4.06. The Balaban J connectivity index is 3.01. The Morgan fingerprint density at radius 1 is 1.69 bits per heavy atom. The van der Waals surface area contributed by atoms with Crippen molar-refractivity contribution in [3.63, 3.8) is 0 Å². The van der Waals surface area contributed by atoms with Crippen LogP contribution in [0.5, 0.6) is 0 Å². The summed E-state index contributed by atoms with van der Waals surface area (Å²) in [6.07, 6.45) is 3.15. The zero-order chi connectivity index (χ0) is 12.1. The number of rotatable bonds is 5. The van der Waals surface area contributed by atoms with Crippen molar-refractivity contribution in [2.45, 2.75) is 39.8 Å². The highest BCUT2D eigenvalue weighted by Crippen LogP contribution is 2.04. The Morgan fingerprint density at radius 3 is 2.88 bits per heavy atom. The van der Waals surface area contributed by atoms with Crippen LogP contribution >= 0.6 is 0 Å². The van der Waals surface area contributed by atoms with Gasteiger partial charge in [-0.3, -0.25) is 0 Å². The average Bonchev–Trinajstić information content (AvgIpc) is 2.53. The summed E-state index contributed by atoms with van der Waals surface area (Å²) < 4.78 is 3.71. The number of nitriles is 1. The number of aryl methyl sites for hydroxylation is 2. The van der Waals surface area contributed by atoms with Crippen molar-refractivity contribution in [2.24, 2.45) is 0 Å². The van der Waals surface area contributed by atoms with Gasteiger partial charge in [0.15, 0.2) is 6.54 Å². The van der Waals surface area contributed by atoms with Crippen LogP contribution in [-0.2, 0) is 24.3 Å². The fraction of sp³-hybridized carbons (Fsp3) is 0.545. The van der Waals surface area contributed by atoms with E-state index < -0.39 is 5.97 Å². The van der Waals surface area contributed by atoms with Gasteiger partial charge in [-0.2, -0.15) is 5.26 Å². The predicted octanol–water partition coefficient (Wildman–Crippen LogP) is 0.645. The number of carboxylic acid groups (broad SMARTS) is 1. The van der Waals surface area contributed by atoms with Crippen molar-refractivity contribution in [1.82, 2.24) is 4.57 Å². The molecule has 0 aliphatic rings. The molecule has 1 rings (SSSR count). The van der Waals surface area contributed by atoms with Crippen LogP contribution in [0.4, 0.5) is 0 Å². The molecular weight excluding hydrogens is 206 g/mol. The monoisotopic (exact) mass is 222 g/mol. The molecule has 1 aromatic heterocycles. The molecule has 1 N–H and O–H groups in total. The minimum atomic E-state index is -0.846. The Hall–Kier alpha value is -1.83. The first-order valence-corrected chi connectivity index (χ1v) is 5.27. The number of aliphatic carboxylic acids is 1. The van der Waals surface area contributed by atoms with Crippen LogP contribution in [0.3, 0.4) is 0 Å². The van der Waals surface area contributed by atoms with Crippen LogP contribution in [0, 0.1) is 18.3 Å². The average molecular weight is 222 g/mol. The van der Waals surface area contributed by atoms with Gasteiger partial charge in [-0.15, -0.1) is 0 Å². The fourth-order valence-electron chi connectivity index (χ4n) is 1.74. The molecule has 86 valence electrons. The van der Waals surface area contributed by atoms with Gasteiger partial charge in [0, 0.05) is 13.3 Å². The van der Waals surface area contributed by atoms with Crippen molar-refractivity contribution < 1.29 is 14.5 Å². The SMILES string of the molecule is CCc1c[n+](CCC#N)c(C)n1CC(=O)O. The molecule has 0 radical (unpaired) electrons. The topological polar surface area (TPSA) is 69.9 Å². The maximum atomic E-state index is 10.7. The molecule has 0 amide bonds. The Morgan fingerprint density at radius 2 is 2.38 bits per heavy atom. The van der Waals surface area contributed by atoms with Crippen LogP contribution in [0.2, 0.25) is 0 Å². The summed E-state index contributed by atoms with van der Waals surface area (Å²) in [5, 5.41) is 17.3. The van der Waals surface area contributed by atoms with Crippen LogP contribution in [-0.4, -0.2) is 15.6 Å². The predicted molar refractivity (Wildman–Crippen MR) is 56.6 cm³/mol. The molecule has 0 aliphatic heterocycles. The number of carbonyl (C=O) groups is 1. The van der Waals surface area contributed by atoms with E-state index >= 15 is 0 Å². The maximum absolute atomic E-state index is 10.7. The zero-order valence-electron chi connectivity index (χ0n) is 9.60. The van der Waals surface area contributed by atoms with Crippen LogP contribution < -0.4 is 4.57 Å². The van der Waals surface area contributed by atoms with Gasteiger partial charge in [0.25, 0.3) is 5.82 Å². The molecule has 0 spiro atoms. The fourth-order valence-corrected chi connectivity index (χ4v) is 1.74. The molecule has 0 unspecified atom stereocenters. The number of hydrogen-bond donors (Lipinski definition) is 1. The largest absolute Gasteiger partial charge is 0.478 e. The standard InChI is InChI=1S/C11H15N3O2/c1-3-10-7-13(6-4-5-12)9(2)14(10)8-11(15)16/h7H,3-4,6,8H2,1-2H3/p+1. The third-order valence-corrected chi connectivity index (χ3v) is 2.58. The second-order valence-electron chi connectivity index (χ2n) is 3.60. The van der Waals surface area contributed by atoms with Gasteiger partial charge in [-0.05, 0) is 0 Å². The first kappa shape index (κ1) is 12.2. The summed E-state index contributed by atoms with van der Waals surface area (Å²) in [7, 11) is 0. The highest BCUT2D eigenvalue weighted by atomic mass is 16.4. The summed E-state index contributed by atoms with van der Waals surface area (Å²) in [5.41, 5.74) is 0.984. The number of hydrogen-bond acceptors (Lipinski definition) is 2. The molecule has 0 saturated heterocycles. The summed E-state index contributed by atoms with van der Waals surface area (Å²) >= 11 is 0. The first-order valence-electron chi connectivity index (χ1n) is 5.27. The Labute approximate surface area is 94.5 Å². The highest BCUT2D eigenvalue weighted by molar-refractivity contribution is 5.66. The molecule has 0 fully saturated rings. The van der Waals surface area contributed by atoms with E-state index in [1.165, 1.54) is 0 Å². The van der Waals surface area contributed by atoms with Crippen molar-refractivity contribution in [1.29, 1.82) is 5.26 Å².